The Balaban J connectivity index is 1.66. The van der Waals surface area contributed by atoms with Crippen LogP contribution in [-0.2, 0) is 13.6 Å². The maximum atomic E-state index is 4.46. The molecule has 1 atom stereocenters. The molecule has 0 aromatic carbocycles. The quantitative estimate of drug-likeness (QED) is 0.880. The fourth-order valence-corrected chi connectivity index (χ4v) is 3.87. The van der Waals surface area contributed by atoms with Crippen LogP contribution in [0, 0.1) is 12.3 Å². The molecule has 1 aromatic rings. The van der Waals surface area contributed by atoms with Crippen molar-refractivity contribution >= 4 is 0 Å². The summed E-state index contributed by atoms with van der Waals surface area (Å²) in [5.41, 5.74) is 3.02. The van der Waals surface area contributed by atoms with Gasteiger partial charge in [-0.25, -0.2) is 0 Å². The molecule has 4 nitrogen and oxygen atoms in total. The summed E-state index contributed by atoms with van der Waals surface area (Å²) in [6.45, 7) is 8.05. The van der Waals surface area contributed by atoms with Gasteiger partial charge in [-0.15, -0.1) is 0 Å². The lowest BCUT2D eigenvalue weighted by Crippen LogP contribution is -2.50. The average molecular weight is 262 g/mol. The molecule has 1 aromatic heterocycles. The number of hydrogen-bond donors (Lipinski definition) is 1. The van der Waals surface area contributed by atoms with E-state index >= 15 is 0 Å². The highest BCUT2D eigenvalue weighted by Crippen LogP contribution is 2.36. The fraction of sp³-hybridized carbons (Fsp3) is 0.800. The number of rotatable bonds is 2. The highest BCUT2D eigenvalue weighted by atomic mass is 15.3. The second-order valence-corrected chi connectivity index (χ2v) is 6.50. The van der Waals surface area contributed by atoms with Gasteiger partial charge in [-0.1, -0.05) is 0 Å². The van der Waals surface area contributed by atoms with Crippen LogP contribution in [0.2, 0.25) is 0 Å². The first-order valence-corrected chi connectivity index (χ1v) is 7.60. The van der Waals surface area contributed by atoms with E-state index in [4.69, 9.17) is 0 Å². The lowest BCUT2D eigenvalue weighted by molar-refractivity contribution is 0.0586. The molecule has 0 radical (unpaired) electrons. The zero-order valence-corrected chi connectivity index (χ0v) is 12.3. The van der Waals surface area contributed by atoms with Crippen molar-refractivity contribution in [2.24, 2.45) is 12.5 Å². The van der Waals surface area contributed by atoms with E-state index in [0.29, 0.717) is 5.41 Å². The Kier molecular flexibility index (Phi) is 3.63. The van der Waals surface area contributed by atoms with E-state index in [2.05, 4.69) is 35.4 Å². The SMILES string of the molecule is Cc1cc(CN2CCCC3(CCCNC3)C2)n(C)n1. The van der Waals surface area contributed by atoms with E-state index < -0.39 is 0 Å². The van der Waals surface area contributed by atoms with E-state index in [1.807, 2.05) is 4.68 Å². The first-order valence-electron chi connectivity index (χ1n) is 7.60. The van der Waals surface area contributed by atoms with Gasteiger partial charge < -0.3 is 5.32 Å². The number of aromatic nitrogens is 2. The molecule has 19 heavy (non-hydrogen) atoms. The van der Waals surface area contributed by atoms with Gasteiger partial charge in [-0.3, -0.25) is 9.58 Å². The number of likely N-dealkylation sites (tertiary alicyclic amines) is 1. The summed E-state index contributed by atoms with van der Waals surface area (Å²) < 4.78 is 2.04. The van der Waals surface area contributed by atoms with Crippen molar-refractivity contribution in [2.75, 3.05) is 26.2 Å². The molecule has 4 heteroatoms. The standard InChI is InChI=1S/C15H26N4/c1-13-9-14(18(2)17-13)10-19-8-4-6-15(12-19)5-3-7-16-11-15/h9,16H,3-8,10-12H2,1-2H3. The van der Waals surface area contributed by atoms with Crippen molar-refractivity contribution in [1.29, 1.82) is 0 Å². The van der Waals surface area contributed by atoms with Crippen LogP contribution in [0.5, 0.6) is 0 Å². The summed E-state index contributed by atoms with van der Waals surface area (Å²) in [6.07, 6.45) is 5.50. The molecule has 2 saturated heterocycles. The van der Waals surface area contributed by atoms with Gasteiger partial charge in [-0.05, 0) is 57.2 Å². The molecule has 0 aliphatic carbocycles. The van der Waals surface area contributed by atoms with Gasteiger partial charge in [0.2, 0.25) is 0 Å². The van der Waals surface area contributed by atoms with Crippen LogP contribution in [-0.4, -0.2) is 40.9 Å². The third-order valence-electron chi connectivity index (χ3n) is 4.79. The van der Waals surface area contributed by atoms with Gasteiger partial charge in [-0.2, -0.15) is 5.10 Å². The zero-order chi connectivity index (χ0) is 13.3. The van der Waals surface area contributed by atoms with Crippen LogP contribution in [0.25, 0.3) is 0 Å². The molecule has 3 rings (SSSR count). The molecule has 2 fully saturated rings. The molecular weight excluding hydrogens is 236 g/mol. The van der Waals surface area contributed by atoms with Crippen LogP contribution in [0.3, 0.4) is 0 Å². The molecule has 1 unspecified atom stereocenters. The first kappa shape index (κ1) is 13.1. The second-order valence-electron chi connectivity index (χ2n) is 6.50. The minimum absolute atomic E-state index is 0.546. The van der Waals surface area contributed by atoms with Crippen LogP contribution >= 0.6 is 0 Å². The number of piperidine rings is 2. The minimum Gasteiger partial charge on any atom is -0.316 e. The Morgan fingerprint density at radius 2 is 2.21 bits per heavy atom. The summed E-state index contributed by atoms with van der Waals surface area (Å²) in [6, 6.07) is 2.22. The van der Waals surface area contributed by atoms with E-state index in [9.17, 15) is 0 Å². The Morgan fingerprint density at radius 3 is 2.89 bits per heavy atom. The normalized spacial score (nSPS) is 28.9. The van der Waals surface area contributed by atoms with E-state index in [1.165, 1.54) is 57.6 Å². The van der Waals surface area contributed by atoms with E-state index in [0.717, 1.165) is 12.2 Å². The van der Waals surface area contributed by atoms with Crippen LogP contribution in [0.4, 0.5) is 0 Å². The average Bonchev–Trinajstić information content (AvgIpc) is 2.69. The Bertz CT molecular complexity index is 426. The maximum Gasteiger partial charge on any atom is 0.0597 e. The van der Waals surface area contributed by atoms with Gasteiger partial charge in [0.25, 0.3) is 0 Å². The number of aryl methyl sites for hydroxylation is 2. The van der Waals surface area contributed by atoms with Gasteiger partial charge in [0, 0.05) is 26.7 Å². The topological polar surface area (TPSA) is 33.1 Å². The van der Waals surface area contributed by atoms with Gasteiger partial charge in [0.15, 0.2) is 0 Å². The number of nitrogens with one attached hydrogen (secondary N) is 1. The Morgan fingerprint density at radius 1 is 1.37 bits per heavy atom. The lowest BCUT2D eigenvalue weighted by Gasteiger charge is -2.45. The van der Waals surface area contributed by atoms with Crippen LogP contribution < -0.4 is 5.32 Å². The van der Waals surface area contributed by atoms with Crippen LogP contribution in [0.15, 0.2) is 6.07 Å². The summed E-state index contributed by atoms with van der Waals surface area (Å²) in [4.78, 5) is 2.63. The molecule has 1 N–H and O–H groups in total. The monoisotopic (exact) mass is 262 g/mol. The molecule has 0 amide bonds. The summed E-state index contributed by atoms with van der Waals surface area (Å²) in [7, 11) is 2.06. The molecule has 1 spiro atoms. The summed E-state index contributed by atoms with van der Waals surface area (Å²) >= 11 is 0. The van der Waals surface area contributed by atoms with E-state index in [1.54, 1.807) is 0 Å². The third kappa shape index (κ3) is 2.84. The first-order chi connectivity index (χ1) is 9.17. The summed E-state index contributed by atoms with van der Waals surface area (Å²) in [5, 5.41) is 8.06. The molecule has 3 heterocycles. The van der Waals surface area contributed by atoms with Crippen molar-refractivity contribution in [3.63, 3.8) is 0 Å². The van der Waals surface area contributed by atoms with Crippen molar-refractivity contribution in [2.45, 2.75) is 39.2 Å². The van der Waals surface area contributed by atoms with Gasteiger partial charge >= 0.3 is 0 Å². The third-order valence-corrected chi connectivity index (χ3v) is 4.79. The summed E-state index contributed by atoms with van der Waals surface area (Å²) in [5.74, 6) is 0. The minimum atomic E-state index is 0.546. The van der Waals surface area contributed by atoms with Crippen molar-refractivity contribution in [3.05, 3.63) is 17.5 Å². The van der Waals surface area contributed by atoms with Crippen molar-refractivity contribution in [1.82, 2.24) is 20.0 Å². The van der Waals surface area contributed by atoms with Gasteiger partial charge in [0.05, 0.1) is 11.4 Å². The molecule has 0 bridgehead atoms. The zero-order valence-electron chi connectivity index (χ0n) is 12.3. The second kappa shape index (κ2) is 5.25. The molecule has 106 valence electrons. The van der Waals surface area contributed by atoms with Crippen molar-refractivity contribution < 1.29 is 0 Å². The fourth-order valence-electron chi connectivity index (χ4n) is 3.87. The number of hydrogen-bond acceptors (Lipinski definition) is 3. The maximum absolute atomic E-state index is 4.46. The van der Waals surface area contributed by atoms with E-state index in [-0.39, 0.29) is 0 Å². The predicted octanol–water partition coefficient (Wildman–Crippen LogP) is 1.69. The molecular formula is C15H26N4. The molecule has 0 saturated carbocycles. The highest BCUT2D eigenvalue weighted by molar-refractivity contribution is 5.09. The number of nitrogens with zero attached hydrogens (tertiary/aromatic N) is 3. The molecule has 2 aliphatic rings. The Hall–Kier alpha value is -0.870. The largest absolute Gasteiger partial charge is 0.316 e. The molecule has 2 aliphatic heterocycles. The van der Waals surface area contributed by atoms with Gasteiger partial charge in [0.1, 0.15) is 0 Å². The Labute approximate surface area is 116 Å². The predicted molar refractivity (Wildman–Crippen MR) is 77.0 cm³/mol. The smallest absolute Gasteiger partial charge is 0.0597 e. The van der Waals surface area contributed by atoms with Crippen LogP contribution in [0.1, 0.15) is 37.1 Å². The highest BCUT2D eigenvalue weighted by Gasteiger charge is 2.36. The lowest BCUT2D eigenvalue weighted by atomic mass is 9.74. The van der Waals surface area contributed by atoms with Crippen molar-refractivity contribution in [3.8, 4) is 0 Å².